The van der Waals surface area contributed by atoms with Crippen LogP contribution in [0.25, 0.3) is 0 Å². The molecule has 0 bridgehead atoms. The van der Waals surface area contributed by atoms with Gasteiger partial charge in [-0.25, -0.2) is 4.98 Å². The van der Waals surface area contributed by atoms with Crippen molar-refractivity contribution in [3.8, 4) is 0 Å². The molecule has 2 aromatic heterocycles. The summed E-state index contributed by atoms with van der Waals surface area (Å²) in [6, 6.07) is 0. The monoisotopic (exact) mass is 226 g/mol. The van der Waals surface area contributed by atoms with E-state index in [0.717, 1.165) is 16.0 Å². The molecule has 0 saturated carbocycles. The number of aromatic nitrogens is 3. The van der Waals surface area contributed by atoms with Crippen molar-refractivity contribution in [3.63, 3.8) is 0 Å². The molecule has 7 heteroatoms. The molecule has 0 radical (unpaired) electrons. The van der Waals surface area contributed by atoms with Crippen molar-refractivity contribution in [2.75, 3.05) is 5.32 Å². The highest BCUT2D eigenvalue weighted by molar-refractivity contribution is 8.15. The summed E-state index contributed by atoms with van der Waals surface area (Å²) >= 11 is 2.52. The summed E-state index contributed by atoms with van der Waals surface area (Å²) in [5, 5.41) is 2.42. The number of rotatable bonds is 2. The van der Waals surface area contributed by atoms with Crippen LogP contribution in [-0.4, -0.2) is 20.2 Å². The maximum absolute atomic E-state index is 11.3. The molecule has 0 spiro atoms. The van der Waals surface area contributed by atoms with Gasteiger partial charge in [-0.15, -0.1) is 11.3 Å². The van der Waals surface area contributed by atoms with Gasteiger partial charge in [0, 0.05) is 12.4 Å². The number of hydrogen-bond acceptors (Lipinski definition) is 5. The number of carbonyl (C=O) groups is 1. The first-order chi connectivity index (χ1) is 6.84. The third kappa shape index (κ3) is 2.33. The number of anilines is 1. The molecule has 0 saturated heterocycles. The van der Waals surface area contributed by atoms with Gasteiger partial charge in [0.05, 0.1) is 15.9 Å². The van der Waals surface area contributed by atoms with E-state index in [1.807, 2.05) is 0 Å². The predicted molar refractivity (Wildman–Crippen MR) is 55.6 cm³/mol. The number of carbonyl (C=O) groups excluding carboxylic acids is 1. The van der Waals surface area contributed by atoms with Crippen LogP contribution in [0.2, 0.25) is 0 Å². The maximum atomic E-state index is 11.3. The number of thioether (sulfide) groups is 1. The maximum Gasteiger partial charge on any atom is 0.291 e. The lowest BCUT2D eigenvalue weighted by atomic mass is 11.0. The van der Waals surface area contributed by atoms with Crippen molar-refractivity contribution >= 4 is 34.3 Å². The Balaban J connectivity index is 1.91. The van der Waals surface area contributed by atoms with Crippen LogP contribution in [0.5, 0.6) is 0 Å². The summed E-state index contributed by atoms with van der Waals surface area (Å²) in [6.45, 7) is 0. The fourth-order valence-corrected chi connectivity index (χ4v) is 2.14. The van der Waals surface area contributed by atoms with Crippen molar-refractivity contribution < 1.29 is 4.79 Å². The molecule has 72 valence electrons. The van der Waals surface area contributed by atoms with Crippen molar-refractivity contribution in [2.24, 2.45) is 0 Å². The molecular formula is C7H6N4OS2. The fourth-order valence-electron chi connectivity index (χ4n) is 0.802. The molecule has 0 atom stereocenters. The number of nitrogens with one attached hydrogen (secondary N) is 2. The van der Waals surface area contributed by atoms with Gasteiger partial charge in [-0.05, 0) is 11.8 Å². The van der Waals surface area contributed by atoms with E-state index in [2.05, 4.69) is 20.3 Å². The molecule has 2 N–H and O–H groups in total. The topological polar surface area (TPSA) is 70.7 Å². The Labute approximate surface area is 88.0 Å². The third-order valence-corrected chi connectivity index (χ3v) is 3.02. The minimum atomic E-state index is -0.177. The number of H-pyrrole nitrogens is 1. The van der Waals surface area contributed by atoms with E-state index in [1.165, 1.54) is 11.3 Å². The van der Waals surface area contributed by atoms with Gasteiger partial charge in [0.1, 0.15) is 0 Å². The molecule has 2 heterocycles. The third-order valence-electron chi connectivity index (χ3n) is 1.32. The molecule has 2 aromatic rings. The van der Waals surface area contributed by atoms with Crippen molar-refractivity contribution in [2.45, 2.75) is 4.21 Å². The average Bonchev–Trinajstić information content (AvgIpc) is 2.76. The number of aromatic amines is 1. The second-order valence-corrected chi connectivity index (χ2v) is 4.43. The highest BCUT2D eigenvalue weighted by atomic mass is 32.2. The van der Waals surface area contributed by atoms with E-state index in [-0.39, 0.29) is 5.24 Å². The van der Waals surface area contributed by atoms with E-state index in [4.69, 9.17) is 0 Å². The van der Waals surface area contributed by atoms with Gasteiger partial charge in [-0.2, -0.15) is 0 Å². The highest BCUT2D eigenvalue weighted by Gasteiger charge is 2.06. The Morgan fingerprint density at radius 3 is 3.21 bits per heavy atom. The van der Waals surface area contributed by atoms with E-state index < -0.39 is 0 Å². The molecule has 14 heavy (non-hydrogen) atoms. The zero-order valence-corrected chi connectivity index (χ0v) is 8.56. The van der Waals surface area contributed by atoms with Crippen LogP contribution in [-0.2, 0) is 0 Å². The molecule has 0 aliphatic rings. The van der Waals surface area contributed by atoms with Crippen molar-refractivity contribution in [1.82, 2.24) is 15.0 Å². The first kappa shape index (κ1) is 9.22. The van der Waals surface area contributed by atoms with Crippen LogP contribution < -0.4 is 5.32 Å². The normalized spacial score (nSPS) is 10.0. The Morgan fingerprint density at radius 2 is 2.57 bits per heavy atom. The Hall–Kier alpha value is -1.34. The summed E-state index contributed by atoms with van der Waals surface area (Å²) in [4.78, 5) is 21.9. The molecule has 0 aliphatic heterocycles. The largest absolute Gasteiger partial charge is 0.331 e. The van der Waals surface area contributed by atoms with Crippen LogP contribution in [0.1, 0.15) is 0 Å². The number of amides is 1. The SMILES string of the molecule is O=C(Nc1ncc[nH]1)Sc1cncs1. The molecular weight excluding hydrogens is 220 g/mol. The van der Waals surface area contributed by atoms with E-state index in [1.54, 1.807) is 24.1 Å². The Morgan fingerprint density at radius 1 is 1.64 bits per heavy atom. The molecule has 0 fully saturated rings. The summed E-state index contributed by atoms with van der Waals surface area (Å²) in [6.07, 6.45) is 4.87. The fraction of sp³-hybridized carbons (Fsp3) is 0. The van der Waals surface area contributed by atoms with E-state index >= 15 is 0 Å². The van der Waals surface area contributed by atoms with Gasteiger partial charge < -0.3 is 4.98 Å². The lowest BCUT2D eigenvalue weighted by Gasteiger charge is -1.97. The summed E-state index contributed by atoms with van der Waals surface area (Å²) in [5.74, 6) is 0.451. The second-order valence-electron chi connectivity index (χ2n) is 2.27. The van der Waals surface area contributed by atoms with Crippen LogP contribution >= 0.6 is 23.1 Å². The highest BCUT2D eigenvalue weighted by Crippen LogP contribution is 2.23. The van der Waals surface area contributed by atoms with Crippen LogP contribution in [0.4, 0.5) is 10.7 Å². The Kier molecular flexibility index (Phi) is 2.80. The van der Waals surface area contributed by atoms with Crippen LogP contribution in [0.3, 0.4) is 0 Å². The molecule has 1 amide bonds. The van der Waals surface area contributed by atoms with Crippen molar-refractivity contribution in [3.05, 3.63) is 24.1 Å². The Bertz CT molecular complexity index is 359. The standard InChI is InChI=1S/C7H6N4OS2/c12-7(11-6-9-1-2-10-6)14-5-3-8-4-13-5/h1-4H,(H2,9,10,11,12). The zero-order chi connectivity index (χ0) is 9.80. The summed E-state index contributed by atoms with van der Waals surface area (Å²) in [5.41, 5.74) is 1.68. The van der Waals surface area contributed by atoms with Gasteiger partial charge in [0.2, 0.25) is 5.95 Å². The minimum Gasteiger partial charge on any atom is -0.331 e. The van der Waals surface area contributed by atoms with E-state index in [0.29, 0.717) is 5.95 Å². The average molecular weight is 226 g/mol. The summed E-state index contributed by atoms with van der Waals surface area (Å²) in [7, 11) is 0. The lowest BCUT2D eigenvalue weighted by molar-refractivity contribution is 0.269. The van der Waals surface area contributed by atoms with Gasteiger partial charge >= 0.3 is 0 Å². The number of thiazole rings is 1. The lowest BCUT2D eigenvalue weighted by Crippen LogP contribution is -2.05. The first-order valence-electron chi connectivity index (χ1n) is 3.71. The second kappa shape index (κ2) is 4.25. The number of nitrogens with zero attached hydrogens (tertiary/aromatic N) is 2. The van der Waals surface area contributed by atoms with Gasteiger partial charge in [-0.3, -0.25) is 15.1 Å². The number of hydrogen-bond donors (Lipinski definition) is 2. The molecule has 0 aromatic carbocycles. The van der Waals surface area contributed by atoms with Gasteiger partial charge in [0.15, 0.2) is 0 Å². The first-order valence-corrected chi connectivity index (χ1v) is 5.41. The van der Waals surface area contributed by atoms with Crippen molar-refractivity contribution in [1.29, 1.82) is 0 Å². The van der Waals surface area contributed by atoms with Crippen LogP contribution in [0.15, 0.2) is 28.3 Å². The molecule has 0 unspecified atom stereocenters. The molecule has 5 nitrogen and oxygen atoms in total. The minimum absolute atomic E-state index is 0.177. The predicted octanol–water partition coefficient (Wildman–Crippen LogP) is 2.19. The zero-order valence-electron chi connectivity index (χ0n) is 6.93. The van der Waals surface area contributed by atoms with Gasteiger partial charge in [-0.1, -0.05) is 0 Å². The molecule has 2 rings (SSSR count). The molecule has 0 aliphatic carbocycles. The van der Waals surface area contributed by atoms with E-state index in [9.17, 15) is 4.79 Å². The number of imidazole rings is 1. The smallest absolute Gasteiger partial charge is 0.291 e. The van der Waals surface area contributed by atoms with Crippen LogP contribution in [0, 0.1) is 0 Å². The van der Waals surface area contributed by atoms with Gasteiger partial charge in [0.25, 0.3) is 5.24 Å². The summed E-state index contributed by atoms with van der Waals surface area (Å²) < 4.78 is 0.856. The quantitative estimate of drug-likeness (QED) is 0.770.